The molecule has 1 fully saturated rings. The van der Waals surface area contributed by atoms with Crippen LogP contribution in [0.5, 0.6) is 0 Å². The Balaban J connectivity index is 1.67. The van der Waals surface area contributed by atoms with Gasteiger partial charge in [-0.25, -0.2) is 0 Å². The van der Waals surface area contributed by atoms with E-state index < -0.39 is 6.04 Å². The average Bonchev–Trinajstić information content (AvgIpc) is 3.38. The van der Waals surface area contributed by atoms with Crippen molar-refractivity contribution in [2.24, 2.45) is 11.8 Å². The number of nitrogens with one attached hydrogen (secondary N) is 2. The highest BCUT2D eigenvalue weighted by Crippen LogP contribution is 2.28. The van der Waals surface area contributed by atoms with Gasteiger partial charge in [0.05, 0.1) is 0 Å². The summed E-state index contributed by atoms with van der Waals surface area (Å²) in [6.45, 7) is 4.00. The Labute approximate surface area is 177 Å². The van der Waals surface area contributed by atoms with Crippen molar-refractivity contribution < 1.29 is 9.59 Å². The van der Waals surface area contributed by atoms with Gasteiger partial charge in [-0.3, -0.25) is 14.9 Å². The Bertz CT molecular complexity index is 818. The summed E-state index contributed by atoms with van der Waals surface area (Å²) in [4.78, 5) is 25.4. The fourth-order valence-corrected chi connectivity index (χ4v) is 4.34. The van der Waals surface area contributed by atoms with Gasteiger partial charge < -0.3 is 5.32 Å². The minimum Gasteiger partial charge on any atom is -0.344 e. The van der Waals surface area contributed by atoms with E-state index in [0.29, 0.717) is 5.13 Å². The number of benzene rings is 1. The first-order chi connectivity index (χ1) is 13.5. The van der Waals surface area contributed by atoms with Crippen molar-refractivity contribution in [1.29, 1.82) is 0 Å². The molecule has 3 rings (SSSR count). The molecule has 1 heterocycles. The molecule has 1 aliphatic carbocycles. The van der Waals surface area contributed by atoms with Crippen LogP contribution >= 0.6 is 27.3 Å². The molecular weight excluding hydrogens is 440 g/mol. The molecule has 0 spiro atoms. The predicted octanol–water partition coefficient (Wildman–Crippen LogP) is 4.63. The van der Waals surface area contributed by atoms with Gasteiger partial charge in [0.15, 0.2) is 0 Å². The van der Waals surface area contributed by atoms with E-state index in [1.165, 1.54) is 11.3 Å². The number of hydrogen-bond donors (Lipinski definition) is 2. The molecule has 2 atom stereocenters. The number of hydrogen-bond acceptors (Lipinski definition) is 5. The van der Waals surface area contributed by atoms with Gasteiger partial charge in [0.2, 0.25) is 16.9 Å². The number of nitrogens with zero attached hydrogens (tertiary/aromatic N) is 2. The Hall–Kier alpha value is -1.80. The second-order valence-corrected chi connectivity index (χ2v) is 9.15. The normalized spacial score (nSPS) is 16.5. The molecule has 28 heavy (non-hydrogen) atoms. The maximum atomic E-state index is 12.9. The SMILES string of the molecule is CCC(C)C(NC(=O)C1CCCC1)C(=O)Nc1nnc(-c2ccc(Br)cc2)s1. The number of carbonyl (C=O) groups is 2. The number of aromatic nitrogens is 2. The molecule has 2 N–H and O–H groups in total. The zero-order valence-corrected chi connectivity index (χ0v) is 18.5. The van der Waals surface area contributed by atoms with Gasteiger partial charge in [0, 0.05) is 16.0 Å². The van der Waals surface area contributed by atoms with Crippen LogP contribution in [0, 0.1) is 11.8 Å². The summed E-state index contributed by atoms with van der Waals surface area (Å²) in [6.07, 6.45) is 4.79. The lowest BCUT2D eigenvalue weighted by Gasteiger charge is -2.24. The standard InChI is InChI=1S/C20H25BrN4O2S/c1-3-12(2)16(22-17(26)13-6-4-5-7-13)18(27)23-20-25-24-19(28-20)14-8-10-15(21)11-9-14/h8-13,16H,3-7H2,1-2H3,(H,22,26)(H,23,25,27). The first-order valence-electron chi connectivity index (χ1n) is 9.68. The first-order valence-corrected chi connectivity index (χ1v) is 11.3. The van der Waals surface area contributed by atoms with Crippen LogP contribution in [0.3, 0.4) is 0 Å². The average molecular weight is 465 g/mol. The highest BCUT2D eigenvalue weighted by atomic mass is 79.9. The van der Waals surface area contributed by atoms with Crippen molar-refractivity contribution in [3.05, 3.63) is 28.7 Å². The molecule has 0 bridgehead atoms. The lowest BCUT2D eigenvalue weighted by Crippen LogP contribution is -2.49. The van der Waals surface area contributed by atoms with Crippen LogP contribution in [-0.2, 0) is 9.59 Å². The summed E-state index contributed by atoms with van der Waals surface area (Å²) in [5, 5.41) is 15.2. The monoisotopic (exact) mass is 464 g/mol. The van der Waals surface area contributed by atoms with Crippen molar-refractivity contribution in [3.8, 4) is 10.6 Å². The van der Waals surface area contributed by atoms with Crippen molar-refractivity contribution in [1.82, 2.24) is 15.5 Å². The molecule has 1 aromatic heterocycles. The minimum atomic E-state index is -0.571. The number of carbonyl (C=O) groups excluding carboxylic acids is 2. The molecule has 6 nitrogen and oxygen atoms in total. The second-order valence-electron chi connectivity index (χ2n) is 7.26. The highest BCUT2D eigenvalue weighted by molar-refractivity contribution is 9.10. The molecule has 2 amide bonds. The topological polar surface area (TPSA) is 84.0 Å². The van der Waals surface area contributed by atoms with Crippen LogP contribution in [0.25, 0.3) is 10.6 Å². The van der Waals surface area contributed by atoms with Gasteiger partial charge >= 0.3 is 0 Å². The lowest BCUT2D eigenvalue weighted by atomic mass is 9.97. The zero-order valence-electron chi connectivity index (χ0n) is 16.1. The summed E-state index contributed by atoms with van der Waals surface area (Å²) in [5.41, 5.74) is 0.939. The molecule has 2 aromatic rings. The Kier molecular flexibility index (Phi) is 7.18. The van der Waals surface area contributed by atoms with Crippen LogP contribution < -0.4 is 10.6 Å². The van der Waals surface area contributed by atoms with Crippen molar-refractivity contribution in [3.63, 3.8) is 0 Å². The maximum Gasteiger partial charge on any atom is 0.249 e. The van der Waals surface area contributed by atoms with Crippen LogP contribution in [0.4, 0.5) is 5.13 Å². The summed E-state index contributed by atoms with van der Waals surface area (Å²) in [6, 6.07) is 7.19. The number of anilines is 1. The summed E-state index contributed by atoms with van der Waals surface area (Å²) >= 11 is 4.73. The van der Waals surface area contributed by atoms with E-state index in [-0.39, 0.29) is 23.7 Å². The van der Waals surface area contributed by atoms with Gasteiger partial charge in [-0.1, -0.05) is 72.5 Å². The third-order valence-corrected chi connectivity index (χ3v) is 6.68. The van der Waals surface area contributed by atoms with E-state index in [2.05, 4.69) is 36.8 Å². The smallest absolute Gasteiger partial charge is 0.249 e. The Morgan fingerprint density at radius 2 is 1.89 bits per heavy atom. The molecule has 1 aliphatic rings. The first kappa shape index (κ1) is 20.9. The van der Waals surface area contributed by atoms with Gasteiger partial charge in [-0.05, 0) is 30.9 Å². The molecule has 0 radical (unpaired) electrons. The third kappa shape index (κ3) is 5.17. The molecule has 150 valence electrons. The summed E-state index contributed by atoms with van der Waals surface area (Å²) in [5.74, 6) is -0.181. The molecule has 0 aliphatic heterocycles. The van der Waals surface area contributed by atoms with Crippen LogP contribution in [0.2, 0.25) is 0 Å². The largest absolute Gasteiger partial charge is 0.344 e. The van der Waals surface area contributed by atoms with Crippen molar-refractivity contribution >= 4 is 44.2 Å². The number of amides is 2. The van der Waals surface area contributed by atoms with E-state index in [4.69, 9.17) is 0 Å². The van der Waals surface area contributed by atoms with Crippen LogP contribution in [0.15, 0.2) is 28.7 Å². The quantitative estimate of drug-likeness (QED) is 0.625. The molecular formula is C20H25BrN4O2S. The number of halogens is 1. The zero-order chi connectivity index (χ0) is 20.1. The maximum absolute atomic E-state index is 12.9. The summed E-state index contributed by atoms with van der Waals surface area (Å²) in [7, 11) is 0. The lowest BCUT2D eigenvalue weighted by molar-refractivity contribution is -0.130. The van der Waals surface area contributed by atoms with E-state index in [0.717, 1.165) is 47.1 Å². The van der Waals surface area contributed by atoms with Gasteiger partial charge in [0.1, 0.15) is 11.0 Å². The van der Waals surface area contributed by atoms with Gasteiger partial charge in [0.25, 0.3) is 0 Å². The van der Waals surface area contributed by atoms with E-state index >= 15 is 0 Å². The summed E-state index contributed by atoms with van der Waals surface area (Å²) < 4.78 is 0.990. The van der Waals surface area contributed by atoms with Crippen molar-refractivity contribution in [2.45, 2.75) is 52.0 Å². The molecule has 1 aromatic carbocycles. The number of rotatable bonds is 7. The van der Waals surface area contributed by atoms with E-state index in [1.807, 2.05) is 38.1 Å². The highest BCUT2D eigenvalue weighted by Gasteiger charge is 2.30. The minimum absolute atomic E-state index is 0.00855. The fraction of sp³-hybridized carbons (Fsp3) is 0.500. The molecule has 0 saturated heterocycles. The molecule has 8 heteroatoms. The van der Waals surface area contributed by atoms with Crippen LogP contribution in [-0.4, -0.2) is 28.1 Å². The fourth-order valence-electron chi connectivity index (χ4n) is 3.33. The molecule has 1 saturated carbocycles. The van der Waals surface area contributed by atoms with E-state index in [1.54, 1.807) is 0 Å². The Morgan fingerprint density at radius 1 is 1.21 bits per heavy atom. The van der Waals surface area contributed by atoms with Gasteiger partial charge in [-0.2, -0.15) is 0 Å². The van der Waals surface area contributed by atoms with E-state index in [9.17, 15) is 9.59 Å². The second kappa shape index (κ2) is 9.60. The Morgan fingerprint density at radius 3 is 2.54 bits per heavy atom. The van der Waals surface area contributed by atoms with Crippen LogP contribution in [0.1, 0.15) is 46.0 Å². The van der Waals surface area contributed by atoms with Crippen molar-refractivity contribution in [2.75, 3.05) is 5.32 Å². The molecule has 2 unspecified atom stereocenters. The predicted molar refractivity (Wildman–Crippen MR) is 115 cm³/mol. The van der Waals surface area contributed by atoms with Gasteiger partial charge in [-0.15, -0.1) is 10.2 Å². The third-order valence-electron chi connectivity index (χ3n) is 5.27.